The van der Waals surface area contributed by atoms with Gasteiger partial charge in [0.25, 0.3) is 0 Å². The number of nitrogens with zero attached hydrogens (tertiary/aromatic N) is 1. The summed E-state index contributed by atoms with van der Waals surface area (Å²) in [5.74, 6) is 9.11. The molecule has 0 aliphatic heterocycles. The summed E-state index contributed by atoms with van der Waals surface area (Å²) in [5.41, 5.74) is 1.17. The largest absolute Gasteiger partial charge is 1.00 e. The monoisotopic (exact) mass is 485 g/mol. The van der Waals surface area contributed by atoms with Gasteiger partial charge in [0.2, 0.25) is 0 Å². The molecule has 0 unspecified atom stereocenters. The molecule has 0 saturated heterocycles. The summed E-state index contributed by atoms with van der Waals surface area (Å²) in [5, 5.41) is 0. The van der Waals surface area contributed by atoms with Crippen molar-refractivity contribution in [1.82, 2.24) is 0 Å². The van der Waals surface area contributed by atoms with Crippen molar-refractivity contribution in [3.8, 4) is 42.8 Å². The zero-order chi connectivity index (χ0) is 21.9. The highest BCUT2D eigenvalue weighted by atomic mass is 79.9. The third kappa shape index (κ3) is 13.2. The summed E-state index contributed by atoms with van der Waals surface area (Å²) >= 11 is 0. The molecule has 0 bridgehead atoms. The van der Waals surface area contributed by atoms with Crippen LogP contribution in [0.3, 0.4) is 0 Å². The van der Waals surface area contributed by atoms with Crippen LogP contribution in [-0.2, 0) is 6.54 Å². The van der Waals surface area contributed by atoms with Gasteiger partial charge in [-0.2, -0.15) is 0 Å². The quantitative estimate of drug-likeness (QED) is 0.187. The van der Waals surface area contributed by atoms with E-state index in [0.29, 0.717) is 24.1 Å². The van der Waals surface area contributed by atoms with Gasteiger partial charge in [-0.05, 0) is 48.4 Å². The molecule has 2 nitrogen and oxygen atoms in total. The maximum Gasteiger partial charge on any atom is 0.142 e. The van der Waals surface area contributed by atoms with Gasteiger partial charge in [0.15, 0.2) is 0 Å². The summed E-state index contributed by atoms with van der Waals surface area (Å²) in [6, 6.07) is 8.23. The SMILES string of the molecule is C#CC[N+](CC#C)(CC#C)Cc1ccc(OCCCCCCCCCCCC)cc1.[Br-]. The van der Waals surface area contributed by atoms with Gasteiger partial charge in [-0.15, -0.1) is 19.3 Å². The van der Waals surface area contributed by atoms with Gasteiger partial charge in [0, 0.05) is 5.56 Å². The highest BCUT2D eigenvalue weighted by molar-refractivity contribution is 5.27. The average Bonchev–Trinajstić information content (AvgIpc) is 2.74. The topological polar surface area (TPSA) is 9.23 Å². The van der Waals surface area contributed by atoms with Crippen molar-refractivity contribution in [2.45, 2.75) is 77.7 Å². The number of terminal acetylenes is 3. The summed E-state index contributed by atoms with van der Waals surface area (Å²) in [6.45, 7) is 5.38. The first-order chi connectivity index (χ1) is 14.7. The molecule has 0 N–H and O–H groups in total. The van der Waals surface area contributed by atoms with Gasteiger partial charge >= 0.3 is 0 Å². The Kier molecular flexibility index (Phi) is 17.7. The fraction of sp³-hybridized carbons (Fsp3) is 0.571. The van der Waals surface area contributed by atoms with Crippen LogP contribution in [0.4, 0.5) is 0 Å². The first kappa shape index (κ1) is 29.1. The van der Waals surface area contributed by atoms with Crippen molar-refractivity contribution in [3.63, 3.8) is 0 Å². The standard InChI is InChI=1S/C28H40NO.BrH/c1-5-9-10-11-12-13-14-15-16-17-25-30-28-20-18-27(19-21-28)26-29(22-6-2,23-7-3)24-8-4;/h2-4,18-21H,5,9-17,22-26H2,1H3;1H/q+1;/p-1. The molecule has 3 heteroatoms. The Morgan fingerprint density at radius 1 is 0.710 bits per heavy atom. The lowest BCUT2D eigenvalue weighted by Gasteiger charge is -2.33. The molecular formula is C28H40BrNO. The zero-order valence-electron chi connectivity index (χ0n) is 19.4. The van der Waals surface area contributed by atoms with E-state index >= 15 is 0 Å². The van der Waals surface area contributed by atoms with E-state index in [2.05, 4.69) is 36.8 Å². The average molecular weight is 487 g/mol. The molecule has 0 radical (unpaired) electrons. The number of halogens is 1. The van der Waals surface area contributed by atoms with Gasteiger partial charge in [-0.3, -0.25) is 4.48 Å². The lowest BCUT2D eigenvalue weighted by molar-refractivity contribution is -0.921. The molecule has 0 amide bonds. The Hall–Kier alpha value is -1.86. The van der Waals surface area contributed by atoms with E-state index < -0.39 is 0 Å². The fourth-order valence-corrected chi connectivity index (χ4v) is 3.77. The van der Waals surface area contributed by atoms with E-state index in [9.17, 15) is 0 Å². The van der Waals surface area contributed by atoms with Gasteiger partial charge in [0.1, 0.15) is 31.9 Å². The van der Waals surface area contributed by atoms with Crippen molar-refractivity contribution in [3.05, 3.63) is 29.8 Å². The van der Waals surface area contributed by atoms with Crippen molar-refractivity contribution in [2.24, 2.45) is 0 Å². The molecule has 0 saturated carbocycles. The molecule has 170 valence electrons. The van der Waals surface area contributed by atoms with Crippen LogP contribution in [0.15, 0.2) is 24.3 Å². The van der Waals surface area contributed by atoms with Crippen molar-refractivity contribution in [1.29, 1.82) is 0 Å². The van der Waals surface area contributed by atoms with Crippen LogP contribution in [0.5, 0.6) is 5.75 Å². The number of rotatable bonds is 17. The van der Waals surface area contributed by atoms with Crippen LogP contribution in [-0.4, -0.2) is 30.7 Å². The van der Waals surface area contributed by atoms with Crippen molar-refractivity contribution in [2.75, 3.05) is 26.2 Å². The molecule has 0 spiro atoms. The molecule has 0 heterocycles. The third-order valence-corrected chi connectivity index (χ3v) is 5.49. The molecule has 0 atom stereocenters. The number of benzene rings is 1. The normalized spacial score (nSPS) is 10.4. The summed E-state index contributed by atoms with van der Waals surface area (Å²) in [7, 11) is 0. The van der Waals surface area contributed by atoms with Crippen LogP contribution in [0, 0.1) is 37.0 Å². The minimum Gasteiger partial charge on any atom is -1.00 e. The van der Waals surface area contributed by atoms with Crippen LogP contribution >= 0.6 is 0 Å². The molecule has 1 aromatic carbocycles. The fourth-order valence-electron chi connectivity index (χ4n) is 3.77. The second-order valence-corrected chi connectivity index (χ2v) is 8.26. The minimum atomic E-state index is 0. The molecule has 0 aliphatic carbocycles. The van der Waals surface area contributed by atoms with Crippen LogP contribution < -0.4 is 21.7 Å². The molecule has 0 fully saturated rings. The second kappa shape index (κ2) is 18.9. The lowest BCUT2D eigenvalue weighted by atomic mass is 10.1. The lowest BCUT2D eigenvalue weighted by Crippen LogP contribution is -3.00. The maximum atomic E-state index is 5.90. The smallest absolute Gasteiger partial charge is 0.142 e. The summed E-state index contributed by atoms with van der Waals surface area (Å²) in [6.07, 6.45) is 30.0. The summed E-state index contributed by atoms with van der Waals surface area (Å²) < 4.78 is 6.43. The number of hydrogen-bond acceptors (Lipinski definition) is 1. The summed E-state index contributed by atoms with van der Waals surface area (Å²) in [4.78, 5) is 0. The predicted molar refractivity (Wildman–Crippen MR) is 129 cm³/mol. The van der Waals surface area contributed by atoms with Crippen molar-refractivity contribution < 1.29 is 26.2 Å². The van der Waals surface area contributed by atoms with E-state index in [1.165, 1.54) is 63.4 Å². The van der Waals surface area contributed by atoms with Crippen LogP contribution in [0.2, 0.25) is 0 Å². The zero-order valence-corrected chi connectivity index (χ0v) is 21.0. The van der Waals surface area contributed by atoms with E-state index in [0.717, 1.165) is 25.3 Å². The highest BCUT2D eigenvalue weighted by Crippen LogP contribution is 2.18. The number of quaternary nitrogens is 1. The number of hydrogen-bond donors (Lipinski definition) is 0. The Morgan fingerprint density at radius 3 is 1.61 bits per heavy atom. The first-order valence-corrected chi connectivity index (χ1v) is 11.6. The molecule has 0 aliphatic rings. The Labute approximate surface area is 202 Å². The minimum absolute atomic E-state index is 0. The second-order valence-electron chi connectivity index (χ2n) is 8.26. The number of unbranched alkanes of at least 4 members (excludes halogenated alkanes) is 9. The molecule has 0 aromatic heterocycles. The van der Waals surface area contributed by atoms with Crippen LogP contribution in [0.25, 0.3) is 0 Å². The van der Waals surface area contributed by atoms with Gasteiger partial charge in [-0.1, -0.05) is 64.7 Å². The Bertz CT molecular complexity index is 649. The van der Waals surface area contributed by atoms with Gasteiger partial charge in [0.05, 0.1) is 6.61 Å². The third-order valence-electron chi connectivity index (χ3n) is 5.49. The van der Waals surface area contributed by atoms with Gasteiger partial charge < -0.3 is 21.7 Å². The molecule has 31 heavy (non-hydrogen) atoms. The van der Waals surface area contributed by atoms with E-state index in [1.807, 2.05) is 12.1 Å². The van der Waals surface area contributed by atoms with E-state index in [-0.39, 0.29) is 17.0 Å². The Morgan fingerprint density at radius 2 is 1.16 bits per heavy atom. The molecule has 1 rings (SSSR count). The van der Waals surface area contributed by atoms with E-state index in [4.69, 9.17) is 24.0 Å². The first-order valence-electron chi connectivity index (χ1n) is 11.6. The van der Waals surface area contributed by atoms with E-state index in [1.54, 1.807) is 0 Å². The predicted octanol–water partition coefficient (Wildman–Crippen LogP) is 3.21. The highest BCUT2D eigenvalue weighted by Gasteiger charge is 2.25. The molecular weight excluding hydrogens is 446 g/mol. The maximum absolute atomic E-state index is 5.90. The van der Waals surface area contributed by atoms with Crippen LogP contribution in [0.1, 0.15) is 76.7 Å². The molecule has 1 aromatic rings. The Balaban J connectivity index is 0.00000900. The number of ether oxygens (including phenoxy) is 1. The van der Waals surface area contributed by atoms with Crippen molar-refractivity contribution >= 4 is 0 Å². The van der Waals surface area contributed by atoms with Gasteiger partial charge in [-0.25, -0.2) is 0 Å².